The highest BCUT2D eigenvalue weighted by Gasteiger charge is 2.14. The van der Waals surface area contributed by atoms with Crippen molar-refractivity contribution in [2.45, 2.75) is 58.0 Å². The van der Waals surface area contributed by atoms with Crippen LogP contribution in [0.5, 0.6) is 0 Å². The van der Waals surface area contributed by atoms with Crippen LogP contribution in [0.3, 0.4) is 0 Å². The smallest absolute Gasteiger partial charge is 0.264 e. The van der Waals surface area contributed by atoms with Crippen molar-refractivity contribution in [1.29, 1.82) is 0 Å². The van der Waals surface area contributed by atoms with Gasteiger partial charge in [-0.2, -0.15) is 8.42 Å². The van der Waals surface area contributed by atoms with Gasteiger partial charge in [-0.25, -0.2) is 0 Å². The molecule has 2 N–H and O–H groups in total. The van der Waals surface area contributed by atoms with Gasteiger partial charge < -0.3 is 19.5 Å². The van der Waals surface area contributed by atoms with Gasteiger partial charge in [-0.05, 0) is 6.42 Å². The molecule has 0 aromatic carbocycles. The number of carboxylic acid groups (broad SMARTS) is 1. The number of quaternary nitrogens is 1. The molecule has 0 bridgehead atoms. The molecule has 0 radical (unpaired) electrons. The number of carbonyl (C=O) groups is 1. The number of carbonyl (C=O) groups excluding carboxylic acids is 1. The van der Waals surface area contributed by atoms with E-state index >= 15 is 0 Å². The Hall–Kier alpha value is -0.700. The summed E-state index contributed by atoms with van der Waals surface area (Å²) in [5, 5.41) is 19.1. The average Bonchev–Trinajstić information content (AvgIpc) is 2.29. The summed E-state index contributed by atoms with van der Waals surface area (Å²) in [6, 6.07) is 0. The number of aliphatic hydroxyl groups excluding tert-OH is 1. The molecule has 0 aromatic rings. The maximum atomic E-state index is 10.3. The maximum absolute atomic E-state index is 10.3. The third kappa shape index (κ3) is 26.5. The molecule has 0 aliphatic rings. The number of rotatable bonds is 11. The van der Waals surface area contributed by atoms with E-state index in [9.17, 15) is 18.3 Å². The monoisotopic (exact) mass is 355 g/mol. The van der Waals surface area contributed by atoms with Gasteiger partial charge in [0.1, 0.15) is 12.6 Å². The van der Waals surface area contributed by atoms with Crippen LogP contribution in [0.1, 0.15) is 51.9 Å². The molecule has 0 saturated carbocycles. The van der Waals surface area contributed by atoms with Crippen LogP contribution >= 0.6 is 0 Å². The lowest BCUT2D eigenvalue weighted by atomic mass is 10.1. The largest absolute Gasteiger partial charge is 0.550 e. The molecule has 140 valence electrons. The maximum Gasteiger partial charge on any atom is 0.264 e. The zero-order valence-electron chi connectivity index (χ0n) is 14.8. The van der Waals surface area contributed by atoms with E-state index in [2.05, 4.69) is 6.92 Å². The van der Waals surface area contributed by atoms with Gasteiger partial charge in [0.25, 0.3) is 10.1 Å². The van der Waals surface area contributed by atoms with E-state index in [4.69, 9.17) is 9.66 Å². The van der Waals surface area contributed by atoms with E-state index < -0.39 is 22.2 Å². The van der Waals surface area contributed by atoms with Gasteiger partial charge in [-0.1, -0.05) is 39.0 Å². The molecule has 1 atom stereocenters. The van der Waals surface area contributed by atoms with Crippen molar-refractivity contribution < 1.29 is 32.5 Å². The zero-order chi connectivity index (χ0) is 18.5. The Bertz CT molecular complexity index is 403. The number of carboxylic acids is 1. The number of nitrogens with zero attached hydrogens (tertiary/aromatic N) is 1. The summed E-state index contributed by atoms with van der Waals surface area (Å²) in [7, 11) is 1.95. The normalized spacial score (nSPS) is 13.1. The first-order chi connectivity index (χ1) is 10.4. The van der Waals surface area contributed by atoms with Crippen molar-refractivity contribution in [2.24, 2.45) is 0 Å². The molecule has 0 aliphatic carbocycles. The molecule has 0 heterocycles. The lowest BCUT2D eigenvalue weighted by Crippen LogP contribution is -2.43. The molecule has 0 spiro atoms. The van der Waals surface area contributed by atoms with Gasteiger partial charge in [0.15, 0.2) is 0 Å². The number of hydrogen-bond donors (Lipinski definition) is 2. The second-order valence-electron chi connectivity index (χ2n) is 6.76. The predicted octanol–water partition coefficient (Wildman–Crippen LogP) is 0.428. The standard InChI is InChI=1S/C8H18O3S.C7H15NO3/c1-2-3-4-5-6-7-8-12(9,10)11;1-8(2,3)5-6(9)4-7(10)11/h2-8H2,1H3,(H,9,10,11);6,9H,4-5H2,1-3H3/t;6-/m.1/s1. The quantitative estimate of drug-likeness (QED) is 0.315. The van der Waals surface area contributed by atoms with Crippen LogP contribution in [0.25, 0.3) is 0 Å². The highest BCUT2D eigenvalue weighted by molar-refractivity contribution is 7.85. The first-order valence-electron chi connectivity index (χ1n) is 8.01. The van der Waals surface area contributed by atoms with Crippen molar-refractivity contribution in [2.75, 3.05) is 33.4 Å². The van der Waals surface area contributed by atoms with Gasteiger partial charge in [-0.3, -0.25) is 4.55 Å². The van der Waals surface area contributed by atoms with Crippen LogP contribution in [0.2, 0.25) is 0 Å². The Morgan fingerprint density at radius 3 is 1.96 bits per heavy atom. The summed E-state index contributed by atoms with van der Waals surface area (Å²) < 4.78 is 29.5. The van der Waals surface area contributed by atoms with E-state index in [-0.39, 0.29) is 12.2 Å². The third-order valence-corrected chi connectivity index (χ3v) is 3.72. The van der Waals surface area contributed by atoms with Crippen LogP contribution < -0.4 is 5.11 Å². The van der Waals surface area contributed by atoms with Gasteiger partial charge in [0, 0.05) is 12.4 Å². The lowest BCUT2D eigenvalue weighted by Gasteiger charge is -2.26. The van der Waals surface area contributed by atoms with E-state index in [1.54, 1.807) is 0 Å². The summed E-state index contributed by atoms with van der Waals surface area (Å²) in [6.07, 6.45) is 5.05. The molecule has 0 unspecified atom stereocenters. The molecule has 0 rings (SSSR count). The molecule has 23 heavy (non-hydrogen) atoms. The zero-order valence-corrected chi connectivity index (χ0v) is 15.6. The third-order valence-electron chi connectivity index (χ3n) is 2.92. The highest BCUT2D eigenvalue weighted by atomic mass is 32.2. The van der Waals surface area contributed by atoms with E-state index in [1.807, 2.05) is 21.1 Å². The second-order valence-corrected chi connectivity index (χ2v) is 8.33. The van der Waals surface area contributed by atoms with Gasteiger partial charge >= 0.3 is 0 Å². The molecule has 8 heteroatoms. The predicted molar refractivity (Wildman–Crippen MR) is 88.3 cm³/mol. The number of hydrogen-bond acceptors (Lipinski definition) is 5. The van der Waals surface area contributed by atoms with Crippen molar-refractivity contribution >= 4 is 16.1 Å². The fourth-order valence-electron chi connectivity index (χ4n) is 1.95. The minimum atomic E-state index is -3.72. The fraction of sp³-hybridized carbons (Fsp3) is 0.933. The number of likely N-dealkylation sites (N-methyl/N-ethyl adjacent to an activating group) is 1. The molecule has 0 saturated heterocycles. The van der Waals surface area contributed by atoms with Crippen LogP contribution in [0.15, 0.2) is 0 Å². The van der Waals surface area contributed by atoms with Crippen molar-refractivity contribution in [3.63, 3.8) is 0 Å². The highest BCUT2D eigenvalue weighted by Crippen LogP contribution is 2.05. The van der Waals surface area contributed by atoms with Crippen LogP contribution in [0, 0.1) is 0 Å². The topological polar surface area (TPSA) is 115 Å². The van der Waals surface area contributed by atoms with Crippen molar-refractivity contribution in [3.05, 3.63) is 0 Å². The Morgan fingerprint density at radius 1 is 1.09 bits per heavy atom. The minimum Gasteiger partial charge on any atom is -0.550 e. The van der Waals surface area contributed by atoms with E-state index in [0.717, 1.165) is 12.8 Å². The molecule has 0 aromatic heterocycles. The van der Waals surface area contributed by atoms with Gasteiger partial charge in [-0.15, -0.1) is 0 Å². The Kier molecular flexibility index (Phi) is 13.5. The van der Waals surface area contributed by atoms with Gasteiger partial charge in [0.05, 0.1) is 26.9 Å². The van der Waals surface area contributed by atoms with E-state index in [1.165, 1.54) is 19.3 Å². The first-order valence-corrected chi connectivity index (χ1v) is 9.62. The summed E-state index contributed by atoms with van der Waals surface area (Å²) in [4.78, 5) is 10.0. The molecule has 0 amide bonds. The molecule has 0 fully saturated rings. The Labute approximate surface area is 140 Å². The average molecular weight is 355 g/mol. The summed E-state index contributed by atoms with van der Waals surface area (Å²) >= 11 is 0. The number of aliphatic hydroxyl groups is 1. The fourth-order valence-corrected chi connectivity index (χ4v) is 2.52. The summed E-state index contributed by atoms with van der Waals surface area (Å²) in [5.41, 5.74) is 0. The second kappa shape index (κ2) is 12.7. The van der Waals surface area contributed by atoms with Crippen molar-refractivity contribution in [1.82, 2.24) is 0 Å². The van der Waals surface area contributed by atoms with Crippen LogP contribution in [-0.2, 0) is 14.9 Å². The Balaban J connectivity index is 0. The number of aliphatic carboxylic acids is 1. The van der Waals surface area contributed by atoms with Crippen LogP contribution in [0.4, 0.5) is 0 Å². The molecule has 0 aliphatic heterocycles. The van der Waals surface area contributed by atoms with Crippen LogP contribution in [-0.4, -0.2) is 68.1 Å². The summed E-state index contributed by atoms with van der Waals surface area (Å²) in [6.45, 7) is 2.56. The molecule has 7 nitrogen and oxygen atoms in total. The van der Waals surface area contributed by atoms with Crippen molar-refractivity contribution in [3.8, 4) is 0 Å². The molecular formula is C15H33NO6S. The van der Waals surface area contributed by atoms with Gasteiger partial charge in [0.2, 0.25) is 0 Å². The number of unbranched alkanes of at least 4 members (excludes halogenated alkanes) is 5. The van der Waals surface area contributed by atoms with E-state index in [0.29, 0.717) is 17.4 Å². The minimum absolute atomic E-state index is 0.0842. The lowest BCUT2D eigenvalue weighted by molar-refractivity contribution is -0.873. The first kappa shape index (κ1) is 24.6. The molecular weight excluding hydrogens is 322 g/mol. The Morgan fingerprint density at radius 2 is 1.57 bits per heavy atom. The summed E-state index contributed by atoms with van der Waals surface area (Å²) in [5.74, 6) is -1.29. The SMILES string of the molecule is CCCCCCCCS(=O)(=O)O.C[N+](C)(C)C[C@H](O)CC(=O)[O-].